The summed E-state index contributed by atoms with van der Waals surface area (Å²) in [6, 6.07) is 0. The van der Waals surface area contributed by atoms with Crippen LogP contribution in [0.25, 0.3) is 0 Å². The lowest BCUT2D eigenvalue weighted by molar-refractivity contribution is -0.137. The van der Waals surface area contributed by atoms with Gasteiger partial charge in [0.25, 0.3) is 0 Å². The van der Waals surface area contributed by atoms with Crippen LogP contribution in [0.1, 0.15) is 20.8 Å². The van der Waals surface area contributed by atoms with Crippen molar-refractivity contribution in [3.8, 4) is 0 Å². The van der Waals surface area contributed by atoms with Gasteiger partial charge in [-0.3, -0.25) is 5.10 Å². The van der Waals surface area contributed by atoms with E-state index in [4.69, 9.17) is 17.1 Å². The summed E-state index contributed by atoms with van der Waals surface area (Å²) in [4.78, 5) is 27.0. The first-order valence-electron chi connectivity index (χ1n) is 4.63. The number of aromatic nitrogens is 2. The van der Waals surface area contributed by atoms with Crippen molar-refractivity contribution < 1.29 is 14.4 Å². The summed E-state index contributed by atoms with van der Waals surface area (Å²) in [7, 11) is 0. The van der Waals surface area contributed by atoms with E-state index in [1.165, 1.54) is 0 Å². The second kappa shape index (κ2) is 5.22. The lowest BCUT2D eigenvalue weighted by atomic mass is 9.88. The molecule has 0 atom stereocenters. The van der Waals surface area contributed by atoms with Gasteiger partial charge in [-0.05, 0) is 12.2 Å². The number of aromatic amines is 1. The summed E-state index contributed by atoms with van der Waals surface area (Å²) in [5, 5.41) is 6.55. The van der Waals surface area contributed by atoms with Gasteiger partial charge in [-0.25, -0.2) is 9.59 Å². The quantitative estimate of drug-likeness (QED) is 0.378. The molecule has 0 aromatic carbocycles. The number of rotatable bonds is 3. The largest absolute Gasteiger partial charge is 0.370 e. The standard InChI is InChI=1S/C9H11N3O3S2/c1-9(2,3)5(4-13)6(14)15-12-7-10-11-8(16)17-7/h1-3H3,(H,10,12)(H,11,16). The number of carbonyl (C=O) groups is 1. The van der Waals surface area contributed by atoms with Gasteiger partial charge in [0.05, 0.1) is 0 Å². The Morgan fingerprint density at radius 3 is 2.65 bits per heavy atom. The van der Waals surface area contributed by atoms with Crippen molar-refractivity contribution in [1.82, 2.24) is 10.2 Å². The van der Waals surface area contributed by atoms with Gasteiger partial charge in [0.2, 0.25) is 5.13 Å². The highest BCUT2D eigenvalue weighted by Crippen LogP contribution is 2.24. The molecule has 0 amide bonds. The minimum absolute atomic E-state index is 0.0795. The molecular weight excluding hydrogens is 262 g/mol. The fourth-order valence-electron chi connectivity index (χ4n) is 0.916. The average molecular weight is 273 g/mol. The van der Waals surface area contributed by atoms with Gasteiger partial charge in [-0.15, -0.1) is 5.10 Å². The third-order valence-corrected chi connectivity index (χ3v) is 2.71. The molecule has 0 fully saturated rings. The number of carbonyl (C=O) groups excluding carboxylic acids is 2. The van der Waals surface area contributed by atoms with Gasteiger partial charge in [0.15, 0.2) is 3.95 Å². The first kappa shape index (κ1) is 13.6. The Labute approximate surface area is 107 Å². The highest BCUT2D eigenvalue weighted by atomic mass is 32.1. The van der Waals surface area contributed by atoms with Gasteiger partial charge in [-0.2, -0.15) is 5.48 Å². The van der Waals surface area contributed by atoms with E-state index >= 15 is 0 Å². The zero-order valence-electron chi connectivity index (χ0n) is 9.49. The van der Waals surface area contributed by atoms with Crippen LogP contribution in [-0.2, 0) is 14.4 Å². The van der Waals surface area contributed by atoms with E-state index in [0.29, 0.717) is 9.09 Å². The molecule has 92 valence electrons. The molecule has 17 heavy (non-hydrogen) atoms. The second-order valence-corrected chi connectivity index (χ2v) is 5.80. The smallest absolute Gasteiger partial charge is 0.335 e. The molecule has 0 unspecified atom stereocenters. The summed E-state index contributed by atoms with van der Waals surface area (Å²) in [5.74, 6) is 0.806. The van der Waals surface area contributed by atoms with Crippen molar-refractivity contribution in [2.75, 3.05) is 5.48 Å². The van der Waals surface area contributed by atoms with E-state index in [1.807, 2.05) is 0 Å². The monoisotopic (exact) mass is 273 g/mol. The summed E-state index contributed by atoms with van der Waals surface area (Å²) in [5.41, 5.74) is 1.61. The van der Waals surface area contributed by atoms with E-state index in [-0.39, 0.29) is 5.57 Å². The Bertz CT molecular complexity index is 520. The van der Waals surface area contributed by atoms with Crippen molar-refractivity contribution in [2.24, 2.45) is 5.41 Å². The topological polar surface area (TPSA) is 84.1 Å². The zero-order chi connectivity index (χ0) is 13.1. The summed E-state index contributed by atoms with van der Waals surface area (Å²) in [6.45, 7) is 5.15. The molecule has 0 saturated carbocycles. The van der Waals surface area contributed by atoms with Crippen LogP contribution in [0.15, 0.2) is 5.57 Å². The molecule has 0 bridgehead atoms. The van der Waals surface area contributed by atoms with Crippen LogP contribution in [0.4, 0.5) is 5.13 Å². The molecule has 0 spiro atoms. The number of H-pyrrole nitrogens is 1. The van der Waals surface area contributed by atoms with Crippen LogP contribution in [0.5, 0.6) is 0 Å². The lowest BCUT2D eigenvalue weighted by Gasteiger charge is -2.17. The number of anilines is 1. The molecule has 1 rings (SSSR count). The van der Waals surface area contributed by atoms with Gasteiger partial charge in [0.1, 0.15) is 11.5 Å². The predicted molar refractivity (Wildman–Crippen MR) is 65.7 cm³/mol. The highest BCUT2D eigenvalue weighted by molar-refractivity contribution is 7.73. The zero-order valence-corrected chi connectivity index (χ0v) is 11.1. The van der Waals surface area contributed by atoms with Crippen LogP contribution < -0.4 is 5.48 Å². The summed E-state index contributed by atoms with van der Waals surface area (Å²) >= 11 is 5.91. The van der Waals surface area contributed by atoms with Crippen molar-refractivity contribution >= 4 is 40.6 Å². The molecule has 1 aromatic rings. The SMILES string of the molecule is CC(C)(C)C(=C=O)C(=O)ONc1n[nH]c(=S)s1. The number of hydrogen-bond acceptors (Lipinski definition) is 7. The Balaban J connectivity index is 2.67. The van der Waals surface area contributed by atoms with Crippen LogP contribution in [0.2, 0.25) is 0 Å². The Morgan fingerprint density at radius 1 is 1.59 bits per heavy atom. The third kappa shape index (κ3) is 3.77. The molecule has 0 aliphatic rings. The van der Waals surface area contributed by atoms with Crippen LogP contribution >= 0.6 is 23.6 Å². The third-order valence-electron chi connectivity index (χ3n) is 1.73. The maximum atomic E-state index is 11.6. The summed E-state index contributed by atoms with van der Waals surface area (Å²) in [6.07, 6.45) is 0. The first-order chi connectivity index (χ1) is 7.84. The first-order valence-corrected chi connectivity index (χ1v) is 5.85. The van der Waals surface area contributed by atoms with Gasteiger partial charge in [0, 0.05) is 5.41 Å². The average Bonchev–Trinajstić information content (AvgIpc) is 2.60. The number of hydrogen-bond donors (Lipinski definition) is 2. The van der Waals surface area contributed by atoms with Crippen LogP contribution in [0, 0.1) is 9.37 Å². The molecule has 8 heteroatoms. The van der Waals surface area contributed by atoms with Gasteiger partial charge >= 0.3 is 5.97 Å². The molecule has 0 aliphatic carbocycles. The van der Waals surface area contributed by atoms with E-state index in [9.17, 15) is 9.59 Å². The second-order valence-electron chi connectivity index (χ2n) is 4.14. The van der Waals surface area contributed by atoms with E-state index in [2.05, 4.69) is 15.7 Å². The minimum atomic E-state index is -0.784. The molecule has 1 aromatic heterocycles. The predicted octanol–water partition coefficient (Wildman–Crippen LogP) is 1.87. The van der Waals surface area contributed by atoms with E-state index in [1.54, 1.807) is 26.7 Å². The van der Waals surface area contributed by atoms with Gasteiger partial charge in [-0.1, -0.05) is 32.1 Å². The number of nitrogens with one attached hydrogen (secondary N) is 2. The molecule has 0 radical (unpaired) electrons. The maximum Gasteiger partial charge on any atom is 0.370 e. The summed E-state index contributed by atoms with van der Waals surface area (Å²) < 4.78 is 0.450. The molecule has 0 saturated heterocycles. The fourth-order valence-corrected chi connectivity index (χ4v) is 1.64. The minimum Gasteiger partial charge on any atom is -0.335 e. The fraction of sp³-hybridized carbons (Fsp3) is 0.444. The molecular formula is C9H11N3O3S2. The molecule has 0 aliphatic heterocycles. The van der Waals surface area contributed by atoms with E-state index in [0.717, 1.165) is 11.3 Å². The van der Waals surface area contributed by atoms with Crippen molar-refractivity contribution in [1.29, 1.82) is 0 Å². The lowest BCUT2D eigenvalue weighted by Crippen LogP contribution is -2.22. The normalized spacial score (nSPS) is 10.5. The van der Waals surface area contributed by atoms with Crippen LogP contribution in [0.3, 0.4) is 0 Å². The Hall–Kier alpha value is -1.50. The molecule has 2 N–H and O–H groups in total. The van der Waals surface area contributed by atoms with Crippen LogP contribution in [-0.4, -0.2) is 22.1 Å². The van der Waals surface area contributed by atoms with Crippen molar-refractivity contribution in [2.45, 2.75) is 20.8 Å². The van der Waals surface area contributed by atoms with Crippen molar-refractivity contribution in [3.05, 3.63) is 9.53 Å². The Morgan fingerprint density at radius 2 is 2.24 bits per heavy atom. The number of nitrogens with zero attached hydrogens (tertiary/aromatic N) is 1. The Kier molecular flexibility index (Phi) is 4.17. The molecule has 1 heterocycles. The van der Waals surface area contributed by atoms with E-state index < -0.39 is 11.4 Å². The highest BCUT2D eigenvalue weighted by Gasteiger charge is 2.27. The maximum absolute atomic E-state index is 11.6. The van der Waals surface area contributed by atoms with Crippen molar-refractivity contribution in [3.63, 3.8) is 0 Å². The molecule has 6 nitrogen and oxygen atoms in total. The van der Waals surface area contributed by atoms with Gasteiger partial charge < -0.3 is 4.84 Å².